The minimum absolute atomic E-state index is 0.117. The average molecular weight is 280 g/mol. The van der Waals surface area contributed by atoms with Crippen molar-refractivity contribution in [2.45, 2.75) is 13.0 Å². The predicted molar refractivity (Wildman–Crippen MR) is 73.2 cm³/mol. The Kier molecular flexibility index (Phi) is 4.24. The van der Waals surface area contributed by atoms with E-state index < -0.39 is 0 Å². The standard InChI is InChI=1S/C14H14ClNO3/c1-9(8-17)16-14(18)13-6-5-12(19-13)10-3-2-4-11(15)7-10/h2-7,9,17H,8H2,1H3,(H,16,18). The number of aliphatic hydroxyl groups excluding tert-OH is 1. The minimum Gasteiger partial charge on any atom is -0.451 e. The molecule has 100 valence electrons. The summed E-state index contributed by atoms with van der Waals surface area (Å²) in [6.45, 7) is 1.59. The number of halogens is 1. The first kappa shape index (κ1) is 13.6. The Bertz CT molecular complexity index is 580. The Balaban J connectivity index is 2.17. The molecule has 1 heterocycles. The highest BCUT2D eigenvalue weighted by atomic mass is 35.5. The third-order valence-corrected chi connectivity index (χ3v) is 2.83. The molecule has 0 aliphatic rings. The molecule has 0 fully saturated rings. The molecule has 0 bridgehead atoms. The van der Waals surface area contributed by atoms with E-state index in [-0.39, 0.29) is 24.3 Å². The van der Waals surface area contributed by atoms with Gasteiger partial charge in [0.1, 0.15) is 5.76 Å². The monoisotopic (exact) mass is 279 g/mol. The van der Waals surface area contributed by atoms with E-state index in [2.05, 4.69) is 5.32 Å². The van der Waals surface area contributed by atoms with Crippen LogP contribution in [0.15, 0.2) is 40.8 Å². The van der Waals surface area contributed by atoms with Crippen LogP contribution in [0.5, 0.6) is 0 Å². The number of amides is 1. The summed E-state index contributed by atoms with van der Waals surface area (Å²) in [5, 5.41) is 12.1. The zero-order valence-corrected chi connectivity index (χ0v) is 11.1. The van der Waals surface area contributed by atoms with Crippen LogP contribution in [0.2, 0.25) is 5.02 Å². The zero-order valence-electron chi connectivity index (χ0n) is 10.4. The molecular weight excluding hydrogens is 266 g/mol. The topological polar surface area (TPSA) is 62.5 Å². The van der Waals surface area contributed by atoms with Gasteiger partial charge >= 0.3 is 0 Å². The number of aliphatic hydroxyl groups is 1. The Morgan fingerprint density at radius 2 is 2.21 bits per heavy atom. The van der Waals surface area contributed by atoms with Crippen LogP contribution in [0.1, 0.15) is 17.5 Å². The van der Waals surface area contributed by atoms with E-state index in [1.807, 2.05) is 12.1 Å². The second-order valence-corrected chi connectivity index (χ2v) is 4.67. The molecule has 5 heteroatoms. The summed E-state index contributed by atoms with van der Waals surface area (Å²) in [6.07, 6.45) is 0. The van der Waals surface area contributed by atoms with Crippen molar-refractivity contribution < 1.29 is 14.3 Å². The van der Waals surface area contributed by atoms with Gasteiger partial charge in [-0.05, 0) is 31.2 Å². The molecule has 2 aromatic rings. The molecule has 0 saturated carbocycles. The molecule has 0 aliphatic heterocycles. The maximum atomic E-state index is 11.8. The molecule has 1 unspecified atom stereocenters. The molecule has 0 radical (unpaired) electrons. The highest BCUT2D eigenvalue weighted by Gasteiger charge is 2.14. The number of nitrogens with one attached hydrogen (secondary N) is 1. The van der Waals surface area contributed by atoms with E-state index in [1.54, 1.807) is 31.2 Å². The summed E-state index contributed by atoms with van der Waals surface area (Å²) in [4.78, 5) is 11.8. The molecule has 1 atom stereocenters. The fourth-order valence-electron chi connectivity index (χ4n) is 1.60. The maximum Gasteiger partial charge on any atom is 0.287 e. The molecule has 2 N–H and O–H groups in total. The van der Waals surface area contributed by atoms with Gasteiger partial charge in [-0.2, -0.15) is 0 Å². The van der Waals surface area contributed by atoms with E-state index in [4.69, 9.17) is 21.1 Å². The lowest BCUT2D eigenvalue weighted by Gasteiger charge is -2.08. The number of furan rings is 1. The first-order valence-electron chi connectivity index (χ1n) is 5.87. The summed E-state index contributed by atoms with van der Waals surface area (Å²) in [7, 11) is 0. The molecule has 2 rings (SSSR count). The Hall–Kier alpha value is -1.78. The summed E-state index contributed by atoms with van der Waals surface area (Å²) in [6, 6.07) is 10.2. The summed E-state index contributed by atoms with van der Waals surface area (Å²) in [5.41, 5.74) is 0.807. The summed E-state index contributed by atoms with van der Waals surface area (Å²) in [5.74, 6) is 0.425. The molecule has 1 amide bonds. The van der Waals surface area contributed by atoms with Crippen LogP contribution >= 0.6 is 11.6 Å². The van der Waals surface area contributed by atoms with Gasteiger partial charge in [0.15, 0.2) is 5.76 Å². The molecule has 1 aromatic heterocycles. The second-order valence-electron chi connectivity index (χ2n) is 4.23. The van der Waals surface area contributed by atoms with Crippen molar-refractivity contribution in [3.05, 3.63) is 47.2 Å². The van der Waals surface area contributed by atoms with Gasteiger partial charge in [0.2, 0.25) is 0 Å². The van der Waals surface area contributed by atoms with Crippen LogP contribution in [0.25, 0.3) is 11.3 Å². The molecule has 19 heavy (non-hydrogen) atoms. The number of carbonyl (C=O) groups is 1. The number of hydrogen-bond donors (Lipinski definition) is 2. The first-order valence-corrected chi connectivity index (χ1v) is 6.25. The van der Waals surface area contributed by atoms with Crippen LogP contribution in [0, 0.1) is 0 Å². The van der Waals surface area contributed by atoms with Crippen molar-refractivity contribution >= 4 is 17.5 Å². The van der Waals surface area contributed by atoms with Gasteiger partial charge in [-0.25, -0.2) is 0 Å². The SMILES string of the molecule is CC(CO)NC(=O)c1ccc(-c2cccc(Cl)c2)o1. The Labute approximate surface area is 116 Å². The Morgan fingerprint density at radius 1 is 1.42 bits per heavy atom. The first-order chi connectivity index (χ1) is 9.10. The van der Waals surface area contributed by atoms with Crippen LogP contribution in [0.4, 0.5) is 0 Å². The smallest absolute Gasteiger partial charge is 0.287 e. The number of rotatable bonds is 4. The third-order valence-electron chi connectivity index (χ3n) is 2.59. The number of benzene rings is 1. The van der Waals surface area contributed by atoms with E-state index in [1.165, 1.54) is 0 Å². The van der Waals surface area contributed by atoms with E-state index in [9.17, 15) is 4.79 Å². The number of hydrogen-bond acceptors (Lipinski definition) is 3. The van der Waals surface area contributed by atoms with Crippen LogP contribution in [0.3, 0.4) is 0 Å². The fraction of sp³-hybridized carbons (Fsp3) is 0.214. The Morgan fingerprint density at radius 3 is 2.89 bits per heavy atom. The molecule has 0 aliphatic carbocycles. The van der Waals surface area contributed by atoms with Crippen LogP contribution in [-0.4, -0.2) is 23.7 Å². The van der Waals surface area contributed by atoms with Crippen molar-refractivity contribution in [2.24, 2.45) is 0 Å². The lowest BCUT2D eigenvalue weighted by molar-refractivity contribution is 0.0895. The van der Waals surface area contributed by atoms with Crippen molar-refractivity contribution in [1.29, 1.82) is 0 Å². The lowest BCUT2D eigenvalue weighted by atomic mass is 10.2. The van der Waals surface area contributed by atoms with Crippen molar-refractivity contribution in [3.8, 4) is 11.3 Å². The molecule has 4 nitrogen and oxygen atoms in total. The quantitative estimate of drug-likeness (QED) is 0.904. The van der Waals surface area contributed by atoms with Gasteiger partial charge in [0.05, 0.1) is 6.61 Å². The van der Waals surface area contributed by atoms with Crippen LogP contribution < -0.4 is 5.32 Å². The molecule has 1 aromatic carbocycles. The normalized spacial score (nSPS) is 12.2. The minimum atomic E-state index is -0.352. The van der Waals surface area contributed by atoms with E-state index in [0.29, 0.717) is 10.8 Å². The van der Waals surface area contributed by atoms with Gasteiger partial charge in [-0.15, -0.1) is 0 Å². The van der Waals surface area contributed by atoms with Gasteiger partial charge in [-0.3, -0.25) is 4.79 Å². The number of carbonyl (C=O) groups excluding carboxylic acids is 1. The largest absolute Gasteiger partial charge is 0.451 e. The zero-order chi connectivity index (χ0) is 13.8. The van der Waals surface area contributed by atoms with Gasteiger partial charge in [0.25, 0.3) is 5.91 Å². The average Bonchev–Trinajstić information content (AvgIpc) is 2.88. The maximum absolute atomic E-state index is 11.8. The molecule has 0 saturated heterocycles. The highest BCUT2D eigenvalue weighted by Crippen LogP contribution is 2.24. The van der Waals surface area contributed by atoms with E-state index >= 15 is 0 Å². The highest BCUT2D eigenvalue weighted by molar-refractivity contribution is 6.30. The van der Waals surface area contributed by atoms with Crippen molar-refractivity contribution in [2.75, 3.05) is 6.61 Å². The summed E-state index contributed by atoms with van der Waals surface area (Å²) >= 11 is 5.90. The summed E-state index contributed by atoms with van der Waals surface area (Å²) < 4.78 is 5.48. The van der Waals surface area contributed by atoms with Gasteiger partial charge < -0.3 is 14.8 Å². The van der Waals surface area contributed by atoms with E-state index in [0.717, 1.165) is 5.56 Å². The molecular formula is C14H14ClNO3. The molecule has 0 spiro atoms. The second kappa shape index (κ2) is 5.91. The van der Waals surface area contributed by atoms with Crippen LogP contribution in [-0.2, 0) is 0 Å². The van der Waals surface area contributed by atoms with Gasteiger partial charge in [0, 0.05) is 16.6 Å². The predicted octanol–water partition coefficient (Wildman–Crippen LogP) is 2.71. The lowest BCUT2D eigenvalue weighted by Crippen LogP contribution is -2.34. The van der Waals surface area contributed by atoms with Crippen molar-refractivity contribution in [1.82, 2.24) is 5.32 Å². The van der Waals surface area contributed by atoms with Gasteiger partial charge in [-0.1, -0.05) is 23.7 Å². The van der Waals surface area contributed by atoms with Crippen molar-refractivity contribution in [3.63, 3.8) is 0 Å². The fourth-order valence-corrected chi connectivity index (χ4v) is 1.79. The third kappa shape index (κ3) is 3.36.